The topological polar surface area (TPSA) is 102 Å². The lowest BCUT2D eigenvalue weighted by molar-refractivity contribution is -0.114. The first kappa shape index (κ1) is 28.9. The minimum Gasteiger partial charge on any atom is -0.486 e. The summed E-state index contributed by atoms with van der Waals surface area (Å²) in [4.78, 5) is 26.5. The third kappa shape index (κ3) is 6.31. The summed E-state index contributed by atoms with van der Waals surface area (Å²) >= 11 is 0. The van der Waals surface area contributed by atoms with E-state index >= 15 is 0 Å². The highest BCUT2D eigenvalue weighted by Crippen LogP contribution is 2.36. The van der Waals surface area contributed by atoms with Gasteiger partial charge >= 0.3 is 0 Å². The van der Waals surface area contributed by atoms with E-state index in [1.807, 2.05) is 12.1 Å². The Morgan fingerprint density at radius 2 is 1.48 bits per heavy atom. The Hall–Kier alpha value is -4.63. The summed E-state index contributed by atoms with van der Waals surface area (Å²) in [5.74, 6) is 0.134. The Morgan fingerprint density at radius 1 is 0.786 bits per heavy atom. The Labute approximate surface area is 246 Å². The number of fused-ring (bicyclic) bond motifs is 1. The number of benzene rings is 4. The van der Waals surface area contributed by atoms with E-state index in [4.69, 9.17) is 9.47 Å². The average molecular weight is 585 g/mol. The molecule has 216 valence electrons. The molecule has 0 fully saturated rings. The van der Waals surface area contributed by atoms with Gasteiger partial charge < -0.3 is 14.8 Å². The number of amides is 1. The molecule has 42 heavy (non-hydrogen) atoms. The molecule has 1 N–H and O–H groups in total. The number of ketones is 1. The molecule has 5 rings (SSSR count). The van der Waals surface area contributed by atoms with E-state index in [0.29, 0.717) is 41.5 Å². The van der Waals surface area contributed by atoms with Gasteiger partial charge in [-0.1, -0.05) is 75.4 Å². The summed E-state index contributed by atoms with van der Waals surface area (Å²) in [6, 6.07) is 26.7. The fourth-order valence-corrected chi connectivity index (χ4v) is 6.01. The van der Waals surface area contributed by atoms with Crippen LogP contribution in [-0.2, 0) is 20.2 Å². The molecule has 4 aromatic rings. The van der Waals surface area contributed by atoms with E-state index in [-0.39, 0.29) is 21.8 Å². The molecular formula is C33H32N2O6S. The molecule has 0 aliphatic carbocycles. The summed E-state index contributed by atoms with van der Waals surface area (Å²) in [5, 5.41) is 2.75. The SMILES string of the molecule is CC(C)(C)c1ccc(C(=O)c2cccc(NC(=O)CN(c3ccc4c(c3)OCCO4)S(=O)(=O)c3ccccc3)c2)cc1. The number of carbonyl (C=O) groups is 2. The molecule has 0 saturated heterocycles. The smallest absolute Gasteiger partial charge is 0.264 e. The number of nitrogens with one attached hydrogen (secondary N) is 1. The molecule has 9 heteroatoms. The van der Waals surface area contributed by atoms with Crippen LogP contribution in [0, 0.1) is 0 Å². The third-order valence-corrected chi connectivity index (χ3v) is 8.64. The molecular weight excluding hydrogens is 552 g/mol. The Bertz CT molecular complexity index is 1710. The standard InChI is InChI=1S/C33H32N2O6S/c1-33(2,3)25-14-12-23(13-15-25)32(37)24-8-7-9-26(20-24)34-31(36)22-35(42(38,39)28-10-5-4-6-11-28)27-16-17-29-30(21-27)41-19-18-40-29/h4-17,20-21H,18-19,22H2,1-3H3,(H,34,36). The maximum atomic E-state index is 13.7. The molecule has 1 amide bonds. The van der Waals surface area contributed by atoms with Crippen molar-refractivity contribution in [3.05, 3.63) is 114 Å². The van der Waals surface area contributed by atoms with Gasteiger partial charge in [0.25, 0.3) is 10.0 Å². The number of hydrogen-bond acceptors (Lipinski definition) is 6. The third-order valence-electron chi connectivity index (χ3n) is 6.85. The van der Waals surface area contributed by atoms with Crippen LogP contribution < -0.4 is 19.1 Å². The molecule has 8 nitrogen and oxygen atoms in total. The molecule has 0 spiro atoms. The van der Waals surface area contributed by atoms with Crippen molar-refractivity contribution in [2.24, 2.45) is 0 Å². The van der Waals surface area contributed by atoms with Crippen LogP contribution in [0.1, 0.15) is 42.3 Å². The van der Waals surface area contributed by atoms with E-state index in [9.17, 15) is 18.0 Å². The van der Waals surface area contributed by atoms with E-state index in [0.717, 1.165) is 9.87 Å². The van der Waals surface area contributed by atoms with E-state index < -0.39 is 22.5 Å². The van der Waals surface area contributed by atoms with Gasteiger partial charge in [-0.15, -0.1) is 0 Å². The highest BCUT2D eigenvalue weighted by molar-refractivity contribution is 7.92. The van der Waals surface area contributed by atoms with Crippen molar-refractivity contribution in [3.8, 4) is 11.5 Å². The van der Waals surface area contributed by atoms with Gasteiger partial charge in [0, 0.05) is 22.9 Å². The Balaban J connectivity index is 1.38. The lowest BCUT2D eigenvalue weighted by Crippen LogP contribution is -2.38. The zero-order chi connectivity index (χ0) is 29.9. The minimum atomic E-state index is -4.12. The first-order chi connectivity index (χ1) is 20.0. The van der Waals surface area contributed by atoms with Crippen molar-refractivity contribution < 1.29 is 27.5 Å². The number of carbonyl (C=O) groups excluding carboxylic acids is 2. The largest absolute Gasteiger partial charge is 0.486 e. The molecule has 0 unspecified atom stereocenters. The van der Waals surface area contributed by atoms with Crippen molar-refractivity contribution in [2.45, 2.75) is 31.1 Å². The van der Waals surface area contributed by atoms with Crippen molar-refractivity contribution in [3.63, 3.8) is 0 Å². The predicted molar refractivity (Wildman–Crippen MR) is 162 cm³/mol. The summed E-state index contributed by atoms with van der Waals surface area (Å²) in [5.41, 5.74) is 2.64. The second kappa shape index (κ2) is 11.7. The highest BCUT2D eigenvalue weighted by atomic mass is 32.2. The van der Waals surface area contributed by atoms with Gasteiger partial charge in [-0.3, -0.25) is 13.9 Å². The van der Waals surface area contributed by atoms with Crippen LogP contribution in [0.25, 0.3) is 0 Å². The summed E-state index contributed by atoms with van der Waals surface area (Å²) in [6.07, 6.45) is 0. The molecule has 0 saturated carbocycles. The van der Waals surface area contributed by atoms with Gasteiger partial charge in [-0.25, -0.2) is 8.42 Å². The first-order valence-electron chi connectivity index (χ1n) is 13.5. The normalized spacial score (nSPS) is 12.8. The van der Waals surface area contributed by atoms with Crippen molar-refractivity contribution in [2.75, 3.05) is 29.4 Å². The summed E-state index contributed by atoms with van der Waals surface area (Å²) in [7, 11) is -4.12. The molecule has 4 aromatic carbocycles. The minimum absolute atomic E-state index is 0.0342. The van der Waals surface area contributed by atoms with Gasteiger partial charge in [0.05, 0.1) is 10.6 Å². The van der Waals surface area contributed by atoms with E-state index in [1.165, 1.54) is 12.1 Å². The first-order valence-corrected chi connectivity index (χ1v) is 15.0. The second-order valence-corrected chi connectivity index (χ2v) is 12.8. The van der Waals surface area contributed by atoms with E-state index in [1.54, 1.807) is 72.8 Å². The quantitative estimate of drug-likeness (QED) is 0.262. The lowest BCUT2D eigenvalue weighted by Gasteiger charge is -2.26. The second-order valence-electron chi connectivity index (χ2n) is 10.9. The Morgan fingerprint density at radius 3 is 2.17 bits per heavy atom. The van der Waals surface area contributed by atoms with Crippen LogP contribution in [0.5, 0.6) is 11.5 Å². The van der Waals surface area contributed by atoms with Crippen molar-refractivity contribution >= 4 is 33.1 Å². The molecule has 0 bridgehead atoms. The van der Waals surface area contributed by atoms with Crippen molar-refractivity contribution in [1.82, 2.24) is 0 Å². The van der Waals surface area contributed by atoms with Crippen LogP contribution >= 0.6 is 0 Å². The van der Waals surface area contributed by atoms with Gasteiger partial charge in [-0.2, -0.15) is 0 Å². The van der Waals surface area contributed by atoms with Crippen LogP contribution in [0.2, 0.25) is 0 Å². The highest BCUT2D eigenvalue weighted by Gasteiger charge is 2.28. The van der Waals surface area contributed by atoms with E-state index in [2.05, 4.69) is 26.1 Å². The molecule has 0 atom stereocenters. The number of ether oxygens (including phenoxy) is 2. The fraction of sp³-hybridized carbons (Fsp3) is 0.212. The number of anilines is 2. The molecule has 1 aliphatic heterocycles. The monoisotopic (exact) mass is 584 g/mol. The predicted octanol–water partition coefficient (Wildman–Crippen LogP) is 5.82. The number of nitrogens with zero attached hydrogens (tertiary/aromatic N) is 1. The summed E-state index contributed by atoms with van der Waals surface area (Å²) in [6.45, 7) is 6.54. The van der Waals surface area contributed by atoms with Crippen LogP contribution in [-0.4, -0.2) is 39.9 Å². The zero-order valence-corrected chi connectivity index (χ0v) is 24.5. The maximum absolute atomic E-state index is 13.7. The molecule has 0 aromatic heterocycles. The number of rotatable bonds is 8. The van der Waals surface area contributed by atoms with Gasteiger partial charge in [-0.05, 0) is 47.4 Å². The average Bonchev–Trinajstić information content (AvgIpc) is 2.99. The van der Waals surface area contributed by atoms with Gasteiger partial charge in [0.1, 0.15) is 19.8 Å². The van der Waals surface area contributed by atoms with Crippen LogP contribution in [0.3, 0.4) is 0 Å². The lowest BCUT2D eigenvalue weighted by atomic mass is 9.86. The van der Waals surface area contributed by atoms with Gasteiger partial charge in [0.15, 0.2) is 17.3 Å². The molecule has 1 heterocycles. The zero-order valence-electron chi connectivity index (χ0n) is 23.7. The number of sulfonamides is 1. The Kier molecular flexibility index (Phi) is 8.04. The molecule has 0 radical (unpaired) electrons. The fourth-order valence-electron chi connectivity index (χ4n) is 4.58. The summed E-state index contributed by atoms with van der Waals surface area (Å²) < 4.78 is 39.7. The van der Waals surface area contributed by atoms with Crippen molar-refractivity contribution in [1.29, 1.82) is 0 Å². The van der Waals surface area contributed by atoms with Gasteiger partial charge in [0.2, 0.25) is 5.91 Å². The van der Waals surface area contributed by atoms with Crippen LogP contribution in [0.4, 0.5) is 11.4 Å². The maximum Gasteiger partial charge on any atom is 0.264 e. The number of hydrogen-bond donors (Lipinski definition) is 1. The van der Waals surface area contributed by atoms with Crippen LogP contribution in [0.15, 0.2) is 102 Å². The molecule has 1 aliphatic rings.